The molecule has 2 heterocycles. The van der Waals surface area contributed by atoms with Crippen LogP contribution in [0.15, 0.2) is 24.3 Å². The molecule has 1 amide bonds. The Bertz CT molecular complexity index is 827. The molecule has 1 aromatic carbocycles. The highest BCUT2D eigenvalue weighted by Crippen LogP contribution is 2.36. The standard InChI is InChI=1S/C22H30N4O3S/c1-16(29-19-10-8-18(28-2)9-11-19)21(27)25-12-14-26(15-13-25)22-24-23-20(30-22)17-6-4-3-5-7-17/h8-11,16-17H,3-7,12-15H2,1-2H3. The first-order valence-corrected chi connectivity index (χ1v) is 11.6. The summed E-state index contributed by atoms with van der Waals surface area (Å²) in [6, 6.07) is 7.30. The molecule has 1 unspecified atom stereocenters. The van der Waals surface area contributed by atoms with Crippen LogP contribution in [0.4, 0.5) is 5.13 Å². The predicted octanol–water partition coefficient (Wildman–Crippen LogP) is 3.71. The Morgan fingerprint density at radius 2 is 1.70 bits per heavy atom. The molecule has 1 atom stereocenters. The molecular weight excluding hydrogens is 400 g/mol. The van der Waals surface area contributed by atoms with E-state index in [0.717, 1.165) is 24.0 Å². The van der Waals surface area contributed by atoms with Gasteiger partial charge in [0.15, 0.2) is 6.10 Å². The third-order valence-electron chi connectivity index (χ3n) is 5.97. The van der Waals surface area contributed by atoms with Gasteiger partial charge in [0, 0.05) is 32.1 Å². The molecule has 2 aliphatic rings. The van der Waals surface area contributed by atoms with Gasteiger partial charge in [-0.15, -0.1) is 10.2 Å². The van der Waals surface area contributed by atoms with Crippen molar-refractivity contribution in [2.24, 2.45) is 0 Å². The molecule has 2 aromatic rings. The number of piperazine rings is 1. The van der Waals surface area contributed by atoms with E-state index in [1.165, 1.54) is 37.1 Å². The topological polar surface area (TPSA) is 67.8 Å². The lowest BCUT2D eigenvalue weighted by molar-refractivity contribution is -0.138. The van der Waals surface area contributed by atoms with Crippen LogP contribution in [0.2, 0.25) is 0 Å². The second kappa shape index (κ2) is 9.64. The smallest absolute Gasteiger partial charge is 0.263 e. The lowest BCUT2D eigenvalue weighted by Gasteiger charge is -2.35. The van der Waals surface area contributed by atoms with Gasteiger partial charge in [0.25, 0.3) is 5.91 Å². The van der Waals surface area contributed by atoms with Gasteiger partial charge in [0.1, 0.15) is 16.5 Å². The van der Waals surface area contributed by atoms with E-state index in [1.807, 2.05) is 29.2 Å². The summed E-state index contributed by atoms with van der Waals surface area (Å²) in [5, 5.41) is 11.1. The molecule has 0 bridgehead atoms. The van der Waals surface area contributed by atoms with Gasteiger partial charge in [0.05, 0.1) is 7.11 Å². The SMILES string of the molecule is COc1ccc(OC(C)C(=O)N2CCN(c3nnc(C4CCCCC4)s3)CC2)cc1. The van der Waals surface area contributed by atoms with E-state index in [0.29, 0.717) is 24.8 Å². The molecule has 0 N–H and O–H groups in total. The van der Waals surface area contributed by atoms with Crippen LogP contribution in [0.3, 0.4) is 0 Å². The van der Waals surface area contributed by atoms with Crippen LogP contribution < -0.4 is 14.4 Å². The van der Waals surface area contributed by atoms with Gasteiger partial charge in [0.2, 0.25) is 5.13 Å². The van der Waals surface area contributed by atoms with Gasteiger partial charge >= 0.3 is 0 Å². The number of hydrogen-bond donors (Lipinski definition) is 0. The second-order valence-corrected chi connectivity index (χ2v) is 8.99. The van der Waals surface area contributed by atoms with Crippen LogP contribution in [0, 0.1) is 0 Å². The number of nitrogens with zero attached hydrogens (tertiary/aromatic N) is 4. The number of hydrogen-bond acceptors (Lipinski definition) is 7. The monoisotopic (exact) mass is 430 g/mol. The maximum Gasteiger partial charge on any atom is 0.263 e. The van der Waals surface area contributed by atoms with E-state index < -0.39 is 6.10 Å². The van der Waals surface area contributed by atoms with Crippen molar-refractivity contribution >= 4 is 22.4 Å². The third-order valence-corrected chi connectivity index (χ3v) is 7.11. The predicted molar refractivity (Wildman–Crippen MR) is 118 cm³/mol. The van der Waals surface area contributed by atoms with Crippen LogP contribution in [0.5, 0.6) is 11.5 Å². The summed E-state index contributed by atoms with van der Waals surface area (Å²) in [7, 11) is 1.63. The summed E-state index contributed by atoms with van der Waals surface area (Å²) in [5.74, 6) is 2.04. The number of amides is 1. The molecular formula is C22H30N4O3S. The van der Waals surface area contributed by atoms with Crippen molar-refractivity contribution in [3.63, 3.8) is 0 Å². The Morgan fingerprint density at radius 3 is 2.37 bits per heavy atom. The van der Waals surface area contributed by atoms with Gasteiger partial charge in [-0.1, -0.05) is 30.6 Å². The highest BCUT2D eigenvalue weighted by Gasteiger charge is 2.28. The van der Waals surface area contributed by atoms with Crippen LogP contribution in [0.25, 0.3) is 0 Å². The van der Waals surface area contributed by atoms with Crippen LogP contribution in [0.1, 0.15) is 50.0 Å². The fourth-order valence-corrected chi connectivity index (χ4v) is 5.22. The first kappa shape index (κ1) is 20.9. The summed E-state index contributed by atoms with van der Waals surface area (Å²) < 4.78 is 11.0. The van der Waals surface area contributed by atoms with Gasteiger partial charge in [-0.25, -0.2) is 0 Å². The Balaban J connectivity index is 1.28. The molecule has 2 fully saturated rings. The molecule has 0 radical (unpaired) electrons. The highest BCUT2D eigenvalue weighted by atomic mass is 32.1. The molecule has 7 nitrogen and oxygen atoms in total. The summed E-state index contributed by atoms with van der Waals surface area (Å²) in [6.07, 6.45) is 5.91. The van der Waals surface area contributed by atoms with Crippen LogP contribution >= 0.6 is 11.3 Å². The molecule has 4 rings (SSSR count). The zero-order valence-corrected chi connectivity index (χ0v) is 18.6. The fraction of sp³-hybridized carbons (Fsp3) is 0.591. The van der Waals surface area contributed by atoms with Crippen molar-refractivity contribution in [2.45, 2.75) is 51.0 Å². The summed E-state index contributed by atoms with van der Waals surface area (Å²) >= 11 is 1.73. The Kier molecular flexibility index (Phi) is 6.72. The largest absolute Gasteiger partial charge is 0.497 e. The minimum atomic E-state index is -0.524. The maximum absolute atomic E-state index is 12.8. The Labute approximate surface area is 182 Å². The molecule has 1 aliphatic heterocycles. The van der Waals surface area contributed by atoms with Crippen molar-refractivity contribution in [1.82, 2.24) is 15.1 Å². The first-order chi connectivity index (χ1) is 14.6. The number of benzene rings is 1. The Morgan fingerprint density at radius 1 is 1.03 bits per heavy atom. The number of ether oxygens (including phenoxy) is 2. The van der Waals surface area contributed by atoms with Crippen molar-refractivity contribution in [3.8, 4) is 11.5 Å². The van der Waals surface area contributed by atoms with Crippen molar-refractivity contribution in [2.75, 3.05) is 38.2 Å². The number of carbonyl (C=O) groups excluding carboxylic acids is 1. The van der Waals surface area contributed by atoms with Gasteiger partial charge in [-0.3, -0.25) is 4.79 Å². The average molecular weight is 431 g/mol. The molecule has 1 aliphatic carbocycles. The van der Waals surface area contributed by atoms with E-state index in [2.05, 4.69) is 15.1 Å². The molecule has 0 spiro atoms. The van der Waals surface area contributed by atoms with E-state index >= 15 is 0 Å². The number of methoxy groups -OCH3 is 1. The lowest BCUT2D eigenvalue weighted by Crippen LogP contribution is -2.52. The van der Waals surface area contributed by atoms with Gasteiger partial charge in [-0.05, 0) is 44.0 Å². The van der Waals surface area contributed by atoms with Crippen molar-refractivity contribution in [1.29, 1.82) is 0 Å². The van der Waals surface area contributed by atoms with E-state index in [4.69, 9.17) is 9.47 Å². The summed E-state index contributed by atoms with van der Waals surface area (Å²) in [4.78, 5) is 16.9. The van der Waals surface area contributed by atoms with E-state index in [9.17, 15) is 4.79 Å². The van der Waals surface area contributed by atoms with Gasteiger partial charge < -0.3 is 19.3 Å². The molecule has 8 heteroatoms. The van der Waals surface area contributed by atoms with E-state index in [-0.39, 0.29) is 5.91 Å². The zero-order chi connectivity index (χ0) is 20.9. The zero-order valence-electron chi connectivity index (χ0n) is 17.7. The number of anilines is 1. The quantitative estimate of drug-likeness (QED) is 0.696. The second-order valence-electron chi connectivity index (χ2n) is 8.01. The summed E-state index contributed by atoms with van der Waals surface area (Å²) in [5.41, 5.74) is 0. The number of carbonyl (C=O) groups is 1. The molecule has 1 saturated carbocycles. The third kappa shape index (κ3) is 4.86. The van der Waals surface area contributed by atoms with Crippen LogP contribution in [-0.4, -0.2) is 60.4 Å². The first-order valence-electron chi connectivity index (χ1n) is 10.8. The fourth-order valence-electron chi connectivity index (χ4n) is 4.15. The average Bonchev–Trinajstić information content (AvgIpc) is 3.30. The highest BCUT2D eigenvalue weighted by molar-refractivity contribution is 7.15. The lowest BCUT2D eigenvalue weighted by atomic mass is 9.90. The Hall–Kier alpha value is -2.35. The van der Waals surface area contributed by atoms with E-state index in [1.54, 1.807) is 25.4 Å². The van der Waals surface area contributed by atoms with Crippen molar-refractivity contribution < 1.29 is 14.3 Å². The van der Waals surface area contributed by atoms with Gasteiger partial charge in [-0.2, -0.15) is 0 Å². The minimum Gasteiger partial charge on any atom is -0.497 e. The molecule has 1 aromatic heterocycles. The molecule has 30 heavy (non-hydrogen) atoms. The molecule has 1 saturated heterocycles. The minimum absolute atomic E-state index is 0.0191. The van der Waals surface area contributed by atoms with Crippen LogP contribution in [-0.2, 0) is 4.79 Å². The summed E-state index contributed by atoms with van der Waals surface area (Å²) in [6.45, 7) is 4.71. The maximum atomic E-state index is 12.8. The number of aromatic nitrogens is 2. The number of rotatable bonds is 6. The normalized spacial score (nSPS) is 18.9. The molecule has 162 valence electrons. The van der Waals surface area contributed by atoms with Crippen molar-refractivity contribution in [3.05, 3.63) is 29.3 Å².